The van der Waals surface area contributed by atoms with Crippen molar-refractivity contribution in [2.24, 2.45) is 0 Å². The van der Waals surface area contributed by atoms with Gasteiger partial charge in [-0.3, -0.25) is 4.79 Å². The molecular weight excluding hydrogens is 374 g/mol. The van der Waals surface area contributed by atoms with Crippen LogP contribution in [0.3, 0.4) is 0 Å². The molecule has 0 spiro atoms. The zero-order valence-corrected chi connectivity index (χ0v) is 17.8. The first-order valence-electron chi connectivity index (χ1n) is 9.56. The van der Waals surface area contributed by atoms with Crippen LogP contribution in [0.5, 0.6) is 0 Å². The van der Waals surface area contributed by atoms with Gasteiger partial charge >= 0.3 is 0 Å². The van der Waals surface area contributed by atoms with Gasteiger partial charge in [-0.2, -0.15) is 4.31 Å². The molecule has 2 rings (SSSR count). The molecule has 152 valence electrons. The standard InChI is InChI=1S/C21H29N3O3S/c1-5-24(6-2)28(26,27)20-14-12-18(13-15-20)17(3)22-16-21(25)23(4)19-10-8-7-9-11-19/h7-15,17,22H,5-6,16H2,1-4H3/p+1/t17-/m1/s1. The molecule has 0 aliphatic rings. The Labute approximate surface area is 168 Å². The second-order valence-electron chi connectivity index (χ2n) is 6.68. The number of anilines is 1. The molecular formula is C21H30N3O3S+. The normalized spacial score (nSPS) is 12.8. The number of hydrogen-bond donors (Lipinski definition) is 1. The Balaban J connectivity index is 1.99. The lowest BCUT2D eigenvalue weighted by Crippen LogP contribution is -2.87. The summed E-state index contributed by atoms with van der Waals surface area (Å²) in [6.07, 6.45) is 0. The molecule has 1 atom stereocenters. The highest BCUT2D eigenvalue weighted by molar-refractivity contribution is 7.89. The fraction of sp³-hybridized carbons (Fsp3) is 0.381. The number of quaternary nitrogens is 1. The molecule has 0 aromatic heterocycles. The van der Waals surface area contributed by atoms with Crippen LogP contribution < -0.4 is 10.2 Å². The molecule has 0 fully saturated rings. The van der Waals surface area contributed by atoms with Gasteiger partial charge in [-0.05, 0) is 31.2 Å². The number of rotatable bonds is 9. The Morgan fingerprint density at radius 2 is 1.57 bits per heavy atom. The fourth-order valence-corrected chi connectivity index (χ4v) is 4.46. The number of likely N-dealkylation sites (N-methyl/N-ethyl adjacent to an activating group) is 1. The summed E-state index contributed by atoms with van der Waals surface area (Å²) in [4.78, 5) is 14.4. The molecule has 28 heavy (non-hydrogen) atoms. The van der Waals surface area contributed by atoms with E-state index in [2.05, 4.69) is 0 Å². The third-order valence-corrected chi connectivity index (χ3v) is 6.98. The second-order valence-corrected chi connectivity index (χ2v) is 8.61. The van der Waals surface area contributed by atoms with E-state index in [0.29, 0.717) is 24.5 Å². The lowest BCUT2D eigenvalue weighted by atomic mass is 10.1. The van der Waals surface area contributed by atoms with Crippen molar-refractivity contribution in [2.45, 2.75) is 31.7 Å². The molecule has 0 aliphatic heterocycles. The summed E-state index contributed by atoms with van der Waals surface area (Å²) in [5.74, 6) is 0.0128. The highest BCUT2D eigenvalue weighted by Gasteiger charge is 2.22. The van der Waals surface area contributed by atoms with Gasteiger partial charge < -0.3 is 10.2 Å². The quantitative estimate of drug-likeness (QED) is 0.695. The Morgan fingerprint density at radius 3 is 2.11 bits per heavy atom. The van der Waals surface area contributed by atoms with Gasteiger partial charge in [0.1, 0.15) is 6.04 Å². The minimum Gasteiger partial charge on any atom is -0.333 e. The maximum absolute atomic E-state index is 12.6. The first kappa shape index (κ1) is 22.1. The van der Waals surface area contributed by atoms with Gasteiger partial charge in [-0.1, -0.05) is 44.2 Å². The van der Waals surface area contributed by atoms with Crippen molar-refractivity contribution in [3.63, 3.8) is 0 Å². The minimum absolute atomic E-state index is 0.0128. The molecule has 2 N–H and O–H groups in total. The smallest absolute Gasteiger partial charge is 0.281 e. The number of nitrogens with two attached hydrogens (primary N) is 1. The summed E-state index contributed by atoms with van der Waals surface area (Å²) in [6.45, 7) is 6.87. The van der Waals surface area contributed by atoms with Gasteiger partial charge in [-0.25, -0.2) is 8.42 Å². The fourth-order valence-electron chi connectivity index (χ4n) is 3.00. The van der Waals surface area contributed by atoms with Crippen molar-refractivity contribution in [3.05, 3.63) is 60.2 Å². The van der Waals surface area contributed by atoms with Gasteiger partial charge in [0.05, 0.1) is 4.90 Å². The maximum atomic E-state index is 12.6. The second kappa shape index (κ2) is 9.82. The number of carbonyl (C=O) groups excluding carboxylic acids is 1. The largest absolute Gasteiger partial charge is 0.333 e. The summed E-state index contributed by atoms with van der Waals surface area (Å²) in [5.41, 5.74) is 1.84. The molecule has 6 nitrogen and oxygen atoms in total. The van der Waals surface area contributed by atoms with Crippen LogP contribution in [0.4, 0.5) is 5.69 Å². The number of amides is 1. The third-order valence-electron chi connectivity index (χ3n) is 4.91. The molecule has 2 aromatic rings. The molecule has 0 radical (unpaired) electrons. The van der Waals surface area contributed by atoms with Crippen LogP contribution in [0, 0.1) is 0 Å². The van der Waals surface area contributed by atoms with Crippen LogP contribution in [0.1, 0.15) is 32.4 Å². The van der Waals surface area contributed by atoms with Gasteiger partial charge in [0.25, 0.3) is 5.91 Å². The van der Waals surface area contributed by atoms with Gasteiger partial charge in [0.15, 0.2) is 6.54 Å². The Morgan fingerprint density at radius 1 is 1.00 bits per heavy atom. The molecule has 0 heterocycles. The van der Waals surface area contributed by atoms with E-state index in [4.69, 9.17) is 0 Å². The zero-order valence-electron chi connectivity index (χ0n) is 17.0. The van der Waals surface area contributed by atoms with Crippen LogP contribution in [0.15, 0.2) is 59.5 Å². The van der Waals surface area contributed by atoms with Crippen LogP contribution >= 0.6 is 0 Å². The average molecular weight is 405 g/mol. The number of hydrogen-bond acceptors (Lipinski definition) is 3. The van der Waals surface area contributed by atoms with E-state index in [-0.39, 0.29) is 11.9 Å². The van der Waals surface area contributed by atoms with Crippen LogP contribution in [0.2, 0.25) is 0 Å². The summed E-state index contributed by atoms with van der Waals surface area (Å²) < 4.78 is 26.6. The topological polar surface area (TPSA) is 74.3 Å². The number of carbonyl (C=O) groups is 1. The summed E-state index contributed by atoms with van der Waals surface area (Å²) >= 11 is 0. The van der Waals surface area contributed by atoms with E-state index < -0.39 is 10.0 Å². The Kier molecular flexibility index (Phi) is 7.74. The van der Waals surface area contributed by atoms with Crippen molar-refractivity contribution in [2.75, 3.05) is 31.6 Å². The van der Waals surface area contributed by atoms with E-state index >= 15 is 0 Å². The highest BCUT2D eigenvalue weighted by atomic mass is 32.2. The van der Waals surface area contributed by atoms with E-state index in [1.165, 1.54) is 4.31 Å². The number of benzene rings is 2. The monoisotopic (exact) mass is 404 g/mol. The van der Waals surface area contributed by atoms with E-state index in [0.717, 1.165) is 11.3 Å². The lowest BCUT2D eigenvalue weighted by Gasteiger charge is -2.19. The molecule has 1 amide bonds. The number of sulfonamides is 1. The number of nitrogens with zero attached hydrogens (tertiary/aromatic N) is 2. The predicted molar refractivity (Wildman–Crippen MR) is 112 cm³/mol. The first-order chi connectivity index (χ1) is 13.3. The molecule has 0 unspecified atom stereocenters. The van der Waals surface area contributed by atoms with Gasteiger partial charge in [0.2, 0.25) is 10.0 Å². The van der Waals surface area contributed by atoms with Crippen molar-refractivity contribution in [1.82, 2.24) is 4.31 Å². The molecule has 0 bridgehead atoms. The Hall–Kier alpha value is -2.22. The molecule has 0 saturated heterocycles. The lowest BCUT2D eigenvalue weighted by molar-refractivity contribution is -0.682. The highest BCUT2D eigenvalue weighted by Crippen LogP contribution is 2.18. The number of para-hydroxylation sites is 1. The van der Waals surface area contributed by atoms with Gasteiger partial charge in [-0.15, -0.1) is 0 Å². The SMILES string of the molecule is CCN(CC)S(=O)(=O)c1ccc([C@@H](C)[NH2+]CC(=O)N(C)c2ccccc2)cc1. The van der Waals surface area contributed by atoms with Crippen molar-refractivity contribution < 1.29 is 18.5 Å². The predicted octanol–water partition coefficient (Wildman–Crippen LogP) is 2.00. The van der Waals surface area contributed by atoms with E-state index in [1.807, 2.05) is 68.6 Å². The van der Waals surface area contributed by atoms with Gasteiger partial charge in [0, 0.05) is 31.4 Å². The zero-order chi connectivity index (χ0) is 20.7. The minimum atomic E-state index is -3.45. The summed E-state index contributed by atoms with van der Waals surface area (Å²) in [7, 11) is -1.68. The molecule has 7 heteroatoms. The molecule has 0 saturated carbocycles. The van der Waals surface area contributed by atoms with Crippen molar-refractivity contribution in [3.8, 4) is 0 Å². The average Bonchev–Trinajstić information content (AvgIpc) is 2.72. The van der Waals surface area contributed by atoms with Crippen molar-refractivity contribution >= 4 is 21.6 Å². The van der Waals surface area contributed by atoms with Crippen LogP contribution in [-0.4, -0.2) is 45.3 Å². The molecule has 0 aliphatic carbocycles. The summed E-state index contributed by atoms with van der Waals surface area (Å²) in [5, 5.41) is 1.95. The first-order valence-corrected chi connectivity index (χ1v) is 11.0. The van der Waals surface area contributed by atoms with Crippen molar-refractivity contribution in [1.29, 1.82) is 0 Å². The van der Waals surface area contributed by atoms with E-state index in [9.17, 15) is 13.2 Å². The maximum Gasteiger partial charge on any atom is 0.281 e. The Bertz CT molecular complexity index is 864. The van der Waals surface area contributed by atoms with Crippen LogP contribution in [0.25, 0.3) is 0 Å². The van der Waals surface area contributed by atoms with E-state index in [1.54, 1.807) is 24.1 Å². The van der Waals surface area contributed by atoms with Crippen LogP contribution in [-0.2, 0) is 14.8 Å². The third kappa shape index (κ3) is 5.19. The summed E-state index contributed by atoms with van der Waals surface area (Å²) in [6, 6.07) is 16.5. The molecule has 2 aromatic carbocycles.